The number of nitrogens with two attached hydrogens (primary N) is 1. The molecule has 1 saturated carbocycles. The molecule has 0 amide bonds. The van der Waals surface area contributed by atoms with Crippen molar-refractivity contribution in [3.05, 3.63) is 29.3 Å². The van der Waals surface area contributed by atoms with E-state index in [0.29, 0.717) is 12.5 Å². The maximum absolute atomic E-state index is 6.13. The van der Waals surface area contributed by atoms with Crippen LogP contribution in [0.15, 0.2) is 23.2 Å². The minimum atomic E-state index is 0. The Morgan fingerprint density at radius 2 is 2.09 bits per heavy atom. The largest absolute Gasteiger partial charge is 0.493 e. The van der Waals surface area contributed by atoms with E-state index in [9.17, 15) is 0 Å². The van der Waals surface area contributed by atoms with E-state index in [1.165, 1.54) is 18.4 Å². The van der Waals surface area contributed by atoms with Gasteiger partial charge in [0, 0.05) is 30.2 Å². The average molecular weight is 447 g/mol. The Bertz CT molecular complexity index is 543. The highest BCUT2D eigenvalue weighted by Gasteiger charge is 2.22. The molecule has 3 rings (SSSR count). The molecular weight excluding hydrogens is 421 g/mol. The SMILES string of the molecule is Cc1ccc(CN=C(N)N2CCSCC2)c(OCC2CC2)c1.I. The standard InChI is InChI=1S/C17H25N3OS.HI/c1-13-2-5-15(16(10-13)21-12-14-3-4-14)11-19-17(18)20-6-8-22-9-7-20;/h2,5,10,14H,3-4,6-9,11-12H2,1H3,(H2,18,19);1H. The Kier molecular flexibility index (Phi) is 7.33. The number of hydrogen-bond donors (Lipinski definition) is 1. The van der Waals surface area contributed by atoms with Crippen LogP contribution in [0.2, 0.25) is 0 Å². The Morgan fingerprint density at radius 3 is 2.78 bits per heavy atom. The van der Waals surface area contributed by atoms with Gasteiger partial charge in [-0.1, -0.05) is 12.1 Å². The zero-order valence-electron chi connectivity index (χ0n) is 13.7. The van der Waals surface area contributed by atoms with Crippen LogP contribution in [0, 0.1) is 12.8 Å². The Balaban J connectivity index is 0.00000192. The van der Waals surface area contributed by atoms with Gasteiger partial charge >= 0.3 is 0 Å². The number of nitrogens with zero attached hydrogens (tertiary/aromatic N) is 2. The smallest absolute Gasteiger partial charge is 0.191 e. The third-order valence-corrected chi connectivity index (χ3v) is 5.08. The van der Waals surface area contributed by atoms with Crippen LogP contribution in [0.5, 0.6) is 5.75 Å². The van der Waals surface area contributed by atoms with Gasteiger partial charge in [-0.3, -0.25) is 0 Å². The van der Waals surface area contributed by atoms with Gasteiger partial charge in [0.15, 0.2) is 5.96 Å². The van der Waals surface area contributed by atoms with E-state index in [2.05, 4.69) is 35.0 Å². The highest BCUT2D eigenvalue weighted by molar-refractivity contribution is 14.0. The number of aliphatic imine (C=N–C) groups is 1. The fourth-order valence-electron chi connectivity index (χ4n) is 2.48. The van der Waals surface area contributed by atoms with Crippen LogP contribution < -0.4 is 10.5 Å². The predicted octanol–water partition coefficient (Wildman–Crippen LogP) is 3.27. The number of hydrogen-bond acceptors (Lipinski definition) is 3. The third-order valence-electron chi connectivity index (χ3n) is 4.14. The molecule has 0 aromatic heterocycles. The number of thioether (sulfide) groups is 1. The zero-order chi connectivity index (χ0) is 15.4. The molecule has 0 radical (unpaired) electrons. The highest BCUT2D eigenvalue weighted by Crippen LogP contribution is 2.31. The van der Waals surface area contributed by atoms with Gasteiger partial charge in [0.2, 0.25) is 0 Å². The lowest BCUT2D eigenvalue weighted by molar-refractivity contribution is 0.296. The summed E-state index contributed by atoms with van der Waals surface area (Å²) in [6, 6.07) is 6.34. The predicted molar refractivity (Wildman–Crippen MR) is 109 cm³/mol. The lowest BCUT2D eigenvalue weighted by Gasteiger charge is -2.27. The summed E-state index contributed by atoms with van der Waals surface area (Å²) in [6.45, 7) is 5.52. The van der Waals surface area contributed by atoms with E-state index < -0.39 is 0 Å². The van der Waals surface area contributed by atoms with E-state index >= 15 is 0 Å². The van der Waals surface area contributed by atoms with Crippen LogP contribution in [0.1, 0.15) is 24.0 Å². The number of benzene rings is 1. The monoisotopic (exact) mass is 447 g/mol. The average Bonchev–Trinajstić information content (AvgIpc) is 3.37. The number of ether oxygens (including phenoxy) is 1. The molecular formula is C17H26IN3OS. The number of guanidine groups is 1. The molecule has 1 saturated heterocycles. The summed E-state index contributed by atoms with van der Waals surface area (Å²) in [6.07, 6.45) is 2.61. The van der Waals surface area contributed by atoms with Crippen LogP contribution in [0.4, 0.5) is 0 Å². The normalized spacial score (nSPS) is 18.5. The van der Waals surface area contributed by atoms with Crippen molar-refractivity contribution in [2.45, 2.75) is 26.3 Å². The van der Waals surface area contributed by atoms with E-state index in [-0.39, 0.29) is 24.0 Å². The summed E-state index contributed by atoms with van der Waals surface area (Å²) in [5.41, 5.74) is 8.48. The molecule has 0 atom stereocenters. The molecule has 1 aromatic carbocycles. The molecule has 1 aliphatic heterocycles. The highest BCUT2D eigenvalue weighted by atomic mass is 127. The Morgan fingerprint density at radius 1 is 1.35 bits per heavy atom. The molecule has 6 heteroatoms. The van der Waals surface area contributed by atoms with Gasteiger partial charge in [0.25, 0.3) is 0 Å². The first-order valence-corrected chi connectivity index (χ1v) is 9.23. The Labute approximate surface area is 160 Å². The first-order valence-electron chi connectivity index (χ1n) is 8.07. The van der Waals surface area contributed by atoms with Crippen molar-refractivity contribution in [3.63, 3.8) is 0 Å². The molecule has 0 unspecified atom stereocenters. The van der Waals surface area contributed by atoms with Crippen LogP contribution in [-0.2, 0) is 6.54 Å². The molecule has 1 aliphatic carbocycles. The van der Waals surface area contributed by atoms with Crippen molar-refractivity contribution in [1.29, 1.82) is 0 Å². The van der Waals surface area contributed by atoms with Crippen molar-refractivity contribution < 1.29 is 4.74 Å². The topological polar surface area (TPSA) is 50.8 Å². The maximum Gasteiger partial charge on any atom is 0.191 e. The van der Waals surface area contributed by atoms with Gasteiger partial charge in [-0.2, -0.15) is 11.8 Å². The molecule has 2 N–H and O–H groups in total. The van der Waals surface area contributed by atoms with E-state index in [0.717, 1.165) is 48.4 Å². The van der Waals surface area contributed by atoms with Crippen LogP contribution >= 0.6 is 35.7 Å². The lowest BCUT2D eigenvalue weighted by Crippen LogP contribution is -2.42. The summed E-state index contributed by atoms with van der Waals surface area (Å²) in [5, 5.41) is 0. The van der Waals surface area contributed by atoms with Gasteiger partial charge in [-0.05, 0) is 37.3 Å². The Hall–Kier alpha value is -0.630. The van der Waals surface area contributed by atoms with Crippen molar-refractivity contribution >= 4 is 41.7 Å². The van der Waals surface area contributed by atoms with Gasteiger partial charge in [-0.25, -0.2) is 4.99 Å². The summed E-state index contributed by atoms with van der Waals surface area (Å²) < 4.78 is 5.99. The minimum absolute atomic E-state index is 0. The number of aryl methyl sites for hydroxylation is 1. The lowest BCUT2D eigenvalue weighted by atomic mass is 10.1. The fraction of sp³-hybridized carbons (Fsp3) is 0.588. The van der Waals surface area contributed by atoms with E-state index in [1.54, 1.807) is 0 Å². The summed E-state index contributed by atoms with van der Waals surface area (Å²) in [4.78, 5) is 6.76. The molecule has 2 aliphatic rings. The van der Waals surface area contributed by atoms with Crippen molar-refractivity contribution in [3.8, 4) is 5.75 Å². The molecule has 23 heavy (non-hydrogen) atoms. The van der Waals surface area contributed by atoms with Crippen LogP contribution in [0.3, 0.4) is 0 Å². The summed E-state index contributed by atoms with van der Waals surface area (Å²) in [7, 11) is 0. The minimum Gasteiger partial charge on any atom is -0.493 e. The van der Waals surface area contributed by atoms with Crippen molar-refractivity contribution in [1.82, 2.24) is 4.90 Å². The second-order valence-corrected chi connectivity index (χ2v) is 7.36. The molecule has 2 fully saturated rings. The third kappa shape index (κ3) is 5.74. The molecule has 1 aromatic rings. The van der Waals surface area contributed by atoms with Gasteiger partial charge in [0.05, 0.1) is 13.2 Å². The second-order valence-electron chi connectivity index (χ2n) is 6.14. The number of halogens is 1. The van der Waals surface area contributed by atoms with Gasteiger partial charge in [0.1, 0.15) is 5.75 Å². The molecule has 0 bridgehead atoms. The second kappa shape index (κ2) is 9.01. The van der Waals surface area contributed by atoms with E-state index in [1.807, 2.05) is 11.8 Å². The molecule has 1 heterocycles. The van der Waals surface area contributed by atoms with Crippen LogP contribution in [0.25, 0.3) is 0 Å². The molecule has 0 spiro atoms. The van der Waals surface area contributed by atoms with E-state index in [4.69, 9.17) is 10.5 Å². The molecule has 128 valence electrons. The van der Waals surface area contributed by atoms with Gasteiger partial charge in [-0.15, -0.1) is 24.0 Å². The summed E-state index contributed by atoms with van der Waals surface area (Å²) >= 11 is 1.98. The van der Waals surface area contributed by atoms with Crippen molar-refractivity contribution in [2.24, 2.45) is 16.6 Å². The quantitative estimate of drug-likeness (QED) is 0.428. The fourth-order valence-corrected chi connectivity index (χ4v) is 3.38. The first kappa shape index (κ1) is 18.7. The van der Waals surface area contributed by atoms with Gasteiger partial charge < -0.3 is 15.4 Å². The maximum atomic E-state index is 6.13. The molecule has 4 nitrogen and oxygen atoms in total. The first-order chi connectivity index (χ1) is 10.7. The van der Waals surface area contributed by atoms with Crippen molar-refractivity contribution in [2.75, 3.05) is 31.2 Å². The zero-order valence-corrected chi connectivity index (χ0v) is 16.8. The number of rotatable bonds is 5. The van der Waals surface area contributed by atoms with Crippen LogP contribution in [-0.4, -0.2) is 42.1 Å². The summed E-state index contributed by atoms with van der Waals surface area (Å²) in [5.74, 6) is 4.66.